The van der Waals surface area contributed by atoms with Crippen molar-refractivity contribution in [2.75, 3.05) is 6.61 Å². The van der Waals surface area contributed by atoms with Gasteiger partial charge >= 0.3 is 5.97 Å². The van der Waals surface area contributed by atoms with E-state index in [-0.39, 0.29) is 17.4 Å². The van der Waals surface area contributed by atoms with Crippen molar-refractivity contribution in [1.29, 1.82) is 0 Å². The average molecular weight is 313 g/mol. The number of hydrogen-bond donors (Lipinski definition) is 2. The maximum Gasteiger partial charge on any atom is 0.356 e. The summed E-state index contributed by atoms with van der Waals surface area (Å²) in [7, 11) is 0. The number of aromatic nitrogens is 2. The van der Waals surface area contributed by atoms with Gasteiger partial charge in [0.25, 0.3) is 5.91 Å². The maximum atomic E-state index is 12.3. The predicted octanol–water partition coefficient (Wildman–Crippen LogP) is 1.82. The molecule has 1 atom stereocenters. The van der Waals surface area contributed by atoms with E-state index in [4.69, 9.17) is 9.84 Å². The molecule has 1 unspecified atom stereocenters. The first-order valence-corrected chi connectivity index (χ1v) is 7.23. The Kier molecular flexibility index (Phi) is 4.18. The summed E-state index contributed by atoms with van der Waals surface area (Å²) in [5.74, 6) is -0.807. The Bertz CT molecular complexity index is 730. The van der Waals surface area contributed by atoms with Gasteiger partial charge in [-0.25, -0.2) is 14.8 Å². The average Bonchev–Trinajstić information content (AvgIpc) is 2.77. The van der Waals surface area contributed by atoms with Crippen molar-refractivity contribution in [2.24, 2.45) is 0 Å². The zero-order valence-electron chi connectivity index (χ0n) is 12.2. The lowest BCUT2D eigenvalue weighted by molar-refractivity contribution is 0.0689. The zero-order valence-corrected chi connectivity index (χ0v) is 12.2. The molecule has 0 bridgehead atoms. The Morgan fingerprint density at radius 2 is 1.91 bits per heavy atom. The number of aromatic carboxylic acids is 1. The van der Waals surface area contributed by atoms with Crippen molar-refractivity contribution in [1.82, 2.24) is 15.3 Å². The molecule has 0 saturated heterocycles. The van der Waals surface area contributed by atoms with Gasteiger partial charge in [0, 0.05) is 5.56 Å². The monoisotopic (exact) mass is 313 g/mol. The van der Waals surface area contributed by atoms with Crippen LogP contribution in [0.1, 0.15) is 45.4 Å². The summed E-state index contributed by atoms with van der Waals surface area (Å²) in [4.78, 5) is 30.6. The van der Waals surface area contributed by atoms with Crippen LogP contribution in [0.5, 0.6) is 5.75 Å². The summed E-state index contributed by atoms with van der Waals surface area (Å²) in [5, 5.41) is 11.7. The number of carbonyl (C=O) groups excluding carboxylic acids is 1. The molecule has 0 radical (unpaired) electrons. The standard InChI is InChI=1S/C16H15N3O4/c20-15(12-8-18-13(9-17-12)16(21)22)19-11-5-3-7-23-14-6-2-1-4-10(11)14/h1-2,4,6,8-9,11H,3,5,7H2,(H,19,20)(H,21,22). The Hall–Kier alpha value is -2.96. The molecule has 1 amide bonds. The van der Waals surface area contributed by atoms with Crippen LogP contribution < -0.4 is 10.1 Å². The molecule has 1 aromatic carbocycles. The van der Waals surface area contributed by atoms with Crippen molar-refractivity contribution in [2.45, 2.75) is 18.9 Å². The lowest BCUT2D eigenvalue weighted by atomic mass is 10.0. The lowest BCUT2D eigenvalue weighted by Gasteiger charge is -2.18. The van der Waals surface area contributed by atoms with E-state index < -0.39 is 11.9 Å². The lowest BCUT2D eigenvalue weighted by Crippen LogP contribution is -2.29. The van der Waals surface area contributed by atoms with E-state index in [9.17, 15) is 9.59 Å². The summed E-state index contributed by atoms with van der Waals surface area (Å²) in [5.41, 5.74) is 0.806. The first kappa shape index (κ1) is 15.0. The quantitative estimate of drug-likeness (QED) is 0.896. The van der Waals surface area contributed by atoms with Crippen molar-refractivity contribution in [3.8, 4) is 5.75 Å². The van der Waals surface area contributed by atoms with E-state index in [1.807, 2.05) is 24.3 Å². The summed E-state index contributed by atoms with van der Waals surface area (Å²) < 4.78 is 5.66. The first-order chi connectivity index (χ1) is 11.1. The molecule has 1 aliphatic heterocycles. The van der Waals surface area contributed by atoms with Crippen LogP contribution in [0, 0.1) is 0 Å². The van der Waals surface area contributed by atoms with Crippen LogP contribution in [0.2, 0.25) is 0 Å². The topological polar surface area (TPSA) is 101 Å². The largest absolute Gasteiger partial charge is 0.493 e. The molecular weight excluding hydrogens is 298 g/mol. The molecule has 118 valence electrons. The predicted molar refractivity (Wildman–Crippen MR) is 80.4 cm³/mol. The van der Waals surface area contributed by atoms with E-state index in [0.29, 0.717) is 6.61 Å². The molecule has 1 aromatic heterocycles. The fourth-order valence-electron chi connectivity index (χ4n) is 2.46. The van der Waals surface area contributed by atoms with Gasteiger partial charge in [0.15, 0.2) is 5.69 Å². The Balaban J connectivity index is 1.78. The molecule has 2 N–H and O–H groups in total. The molecule has 1 aliphatic rings. The second-order valence-electron chi connectivity index (χ2n) is 5.15. The number of rotatable bonds is 3. The van der Waals surface area contributed by atoms with Gasteiger partial charge in [0.1, 0.15) is 11.4 Å². The van der Waals surface area contributed by atoms with Crippen LogP contribution in [0.15, 0.2) is 36.7 Å². The van der Waals surface area contributed by atoms with Gasteiger partial charge in [0.2, 0.25) is 0 Å². The number of carboxylic acid groups (broad SMARTS) is 1. The van der Waals surface area contributed by atoms with Crippen molar-refractivity contribution < 1.29 is 19.4 Å². The number of benzene rings is 1. The van der Waals surface area contributed by atoms with Crippen molar-refractivity contribution in [3.05, 3.63) is 53.6 Å². The molecule has 7 heteroatoms. The molecule has 0 aliphatic carbocycles. The van der Waals surface area contributed by atoms with Gasteiger partial charge in [-0.05, 0) is 18.9 Å². The number of carbonyl (C=O) groups is 2. The Morgan fingerprint density at radius 1 is 1.17 bits per heavy atom. The number of hydrogen-bond acceptors (Lipinski definition) is 5. The summed E-state index contributed by atoms with van der Waals surface area (Å²) in [6.45, 7) is 0.608. The fourth-order valence-corrected chi connectivity index (χ4v) is 2.46. The summed E-state index contributed by atoms with van der Waals surface area (Å²) in [6.07, 6.45) is 3.81. The number of nitrogens with one attached hydrogen (secondary N) is 1. The molecule has 0 spiro atoms. The van der Waals surface area contributed by atoms with E-state index in [1.165, 1.54) is 0 Å². The molecular formula is C16H15N3O4. The number of ether oxygens (including phenoxy) is 1. The van der Waals surface area contributed by atoms with Crippen LogP contribution in [0.4, 0.5) is 0 Å². The van der Waals surface area contributed by atoms with Crippen molar-refractivity contribution >= 4 is 11.9 Å². The van der Waals surface area contributed by atoms with E-state index in [2.05, 4.69) is 15.3 Å². The molecule has 2 aromatic rings. The highest BCUT2D eigenvalue weighted by Crippen LogP contribution is 2.31. The molecule has 23 heavy (non-hydrogen) atoms. The second kappa shape index (κ2) is 6.43. The molecule has 2 heterocycles. The fraction of sp³-hybridized carbons (Fsp3) is 0.250. The molecule has 0 fully saturated rings. The minimum Gasteiger partial charge on any atom is -0.493 e. The van der Waals surface area contributed by atoms with Crippen molar-refractivity contribution in [3.63, 3.8) is 0 Å². The van der Waals surface area contributed by atoms with E-state index in [1.54, 1.807) is 0 Å². The number of para-hydroxylation sites is 1. The molecule has 3 rings (SSSR count). The van der Waals surface area contributed by atoms with Crippen LogP contribution in [0.3, 0.4) is 0 Å². The maximum absolute atomic E-state index is 12.3. The Morgan fingerprint density at radius 3 is 2.65 bits per heavy atom. The van der Waals surface area contributed by atoms with Gasteiger partial charge in [-0.1, -0.05) is 18.2 Å². The number of carboxylic acids is 1. The van der Waals surface area contributed by atoms with Gasteiger partial charge < -0.3 is 15.2 Å². The van der Waals surface area contributed by atoms with Gasteiger partial charge in [-0.3, -0.25) is 4.79 Å². The third-order valence-electron chi connectivity index (χ3n) is 3.60. The van der Waals surface area contributed by atoms with Gasteiger partial charge in [0.05, 0.1) is 25.0 Å². The third kappa shape index (κ3) is 3.28. The van der Waals surface area contributed by atoms with Crippen LogP contribution in [-0.2, 0) is 0 Å². The van der Waals surface area contributed by atoms with E-state index in [0.717, 1.165) is 36.5 Å². The van der Waals surface area contributed by atoms with E-state index >= 15 is 0 Å². The highest BCUT2D eigenvalue weighted by molar-refractivity contribution is 5.93. The van der Waals surface area contributed by atoms with Gasteiger partial charge in [-0.2, -0.15) is 0 Å². The van der Waals surface area contributed by atoms with Crippen LogP contribution in [0.25, 0.3) is 0 Å². The SMILES string of the molecule is O=C(O)c1cnc(C(=O)NC2CCCOc3ccccc32)cn1. The van der Waals surface area contributed by atoms with Crippen LogP contribution >= 0.6 is 0 Å². The minimum absolute atomic E-state index is 0.0812. The Labute approximate surface area is 132 Å². The summed E-state index contributed by atoms with van der Waals surface area (Å²) in [6, 6.07) is 7.40. The van der Waals surface area contributed by atoms with Crippen LogP contribution in [-0.4, -0.2) is 33.6 Å². The highest BCUT2D eigenvalue weighted by atomic mass is 16.5. The normalized spacial score (nSPS) is 16.6. The smallest absolute Gasteiger partial charge is 0.356 e. The second-order valence-corrected chi connectivity index (χ2v) is 5.15. The summed E-state index contributed by atoms with van der Waals surface area (Å²) >= 11 is 0. The molecule has 0 saturated carbocycles. The minimum atomic E-state index is -1.18. The zero-order chi connectivity index (χ0) is 16.2. The number of amides is 1. The highest BCUT2D eigenvalue weighted by Gasteiger charge is 2.22. The molecule has 7 nitrogen and oxygen atoms in total. The first-order valence-electron chi connectivity index (χ1n) is 7.23. The van der Waals surface area contributed by atoms with Gasteiger partial charge in [-0.15, -0.1) is 0 Å². The number of nitrogens with zero attached hydrogens (tertiary/aromatic N) is 2. The number of fused-ring (bicyclic) bond motifs is 1. The third-order valence-corrected chi connectivity index (χ3v) is 3.60.